The number of Topliss-reactive ketones (excluding diaryl/α,β-unsaturated/α-hetero) is 1. The normalized spacial score (nSPS) is 17.2. The number of nitrogens with zero attached hydrogens (tertiary/aromatic N) is 4. The molecule has 8 nitrogen and oxygen atoms in total. The summed E-state index contributed by atoms with van der Waals surface area (Å²) in [5.74, 6) is 0.0571. The fourth-order valence-electron chi connectivity index (χ4n) is 4.93. The zero-order chi connectivity index (χ0) is 27.8. The second-order valence-electron chi connectivity index (χ2n) is 10.8. The highest BCUT2D eigenvalue weighted by Crippen LogP contribution is 2.33. The number of pyridine rings is 2. The summed E-state index contributed by atoms with van der Waals surface area (Å²) in [5.41, 5.74) is 11.9. The maximum Gasteiger partial charge on any atom is 0.205 e. The summed E-state index contributed by atoms with van der Waals surface area (Å²) in [6, 6.07) is 19.7. The summed E-state index contributed by atoms with van der Waals surface area (Å²) in [6.45, 7) is 8.64. The molecule has 0 saturated heterocycles. The van der Waals surface area contributed by atoms with E-state index in [0.717, 1.165) is 35.0 Å². The van der Waals surface area contributed by atoms with Crippen molar-refractivity contribution in [2.75, 3.05) is 18.4 Å². The quantitative estimate of drug-likeness (QED) is 0.369. The maximum atomic E-state index is 12.8. The van der Waals surface area contributed by atoms with Gasteiger partial charge in [0.1, 0.15) is 11.6 Å². The van der Waals surface area contributed by atoms with Gasteiger partial charge < -0.3 is 11.1 Å². The molecule has 3 aromatic rings. The molecule has 1 aromatic carbocycles. The number of benzene rings is 1. The largest absolute Gasteiger partial charge is 0.401 e. The third kappa shape index (κ3) is 7.59. The van der Waals surface area contributed by atoms with Crippen molar-refractivity contribution in [3.8, 4) is 6.07 Å². The molecule has 1 fully saturated rings. The zero-order valence-electron chi connectivity index (χ0n) is 22.9. The van der Waals surface area contributed by atoms with Gasteiger partial charge >= 0.3 is 0 Å². The minimum absolute atomic E-state index is 0.0571. The van der Waals surface area contributed by atoms with E-state index < -0.39 is 0 Å². The first-order valence-corrected chi connectivity index (χ1v) is 13.2. The van der Waals surface area contributed by atoms with Gasteiger partial charge in [0, 0.05) is 69.2 Å². The van der Waals surface area contributed by atoms with E-state index in [-0.39, 0.29) is 11.2 Å². The summed E-state index contributed by atoms with van der Waals surface area (Å²) < 4.78 is 0. The van der Waals surface area contributed by atoms with E-state index in [1.807, 2.05) is 48.5 Å². The van der Waals surface area contributed by atoms with Crippen LogP contribution in [0, 0.1) is 16.7 Å². The Morgan fingerprint density at radius 1 is 1.08 bits per heavy atom. The van der Waals surface area contributed by atoms with E-state index in [4.69, 9.17) is 5.73 Å². The first-order valence-electron chi connectivity index (χ1n) is 13.2. The molecule has 0 radical (unpaired) electrons. The Labute approximate surface area is 230 Å². The summed E-state index contributed by atoms with van der Waals surface area (Å²) in [4.78, 5) is 27.5. The Bertz CT molecular complexity index is 1360. The van der Waals surface area contributed by atoms with Crippen LogP contribution in [-0.2, 0) is 17.9 Å². The second kappa shape index (κ2) is 12.5. The fraction of sp³-hybridized carbons (Fsp3) is 0.323. The summed E-state index contributed by atoms with van der Waals surface area (Å²) in [6.07, 6.45) is 4.78. The van der Waals surface area contributed by atoms with Crippen molar-refractivity contribution in [3.05, 3.63) is 95.2 Å². The lowest BCUT2D eigenvalue weighted by molar-refractivity contribution is -0.355. The third-order valence-electron chi connectivity index (χ3n) is 6.67. The highest BCUT2D eigenvalue weighted by molar-refractivity contribution is 6.23. The van der Waals surface area contributed by atoms with Gasteiger partial charge in [0.2, 0.25) is 5.69 Å². The minimum atomic E-state index is -0.156. The van der Waals surface area contributed by atoms with Crippen LogP contribution in [0.2, 0.25) is 0 Å². The van der Waals surface area contributed by atoms with Crippen molar-refractivity contribution in [1.29, 1.82) is 5.26 Å². The van der Waals surface area contributed by atoms with Crippen LogP contribution in [0.5, 0.6) is 0 Å². The molecule has 0 amide bonds. The van der Waals surface area contributed by atoms with E-state index in [0.29, 0.717) is 49.3 Å². The number of allylic oxidation sites excluding steroid dienone is 2. The van der Waals surface area contributed by atoms with Crippen molar-refractivity contribution in [3.63, 3.8) is 0 Å². The molecule has 0 spiro atoms. The van der Waals surface area contributed by atoms with E-state index in [2.05, 4.69) is 45.1 Å². The molecule has 0 atom stereocenters. The lowest BCUT2D eigenvalue weighted by atomic mass is 9.73. The number of ketones is 1. The number of aromatic nitrogens is 2. The first kappa shape index (κ1) is 27.7. The molecule has 1 aliphatic rings. The molecule has 1 aliphatic carbocycles. The first-order chi connectivity index (χ1) is 18.7. The van der Waals surface area contributed by atoms with Crippen molar-refractivity contribution in [2.24, 2.45) is 11.1 Å². The van der Waals surface area contributed by atoms with Gasteiger partial charge in [0.25, 0.3) is 0 Å². The topological polar surface area (TPSA) is 122 Å². The van der Waals surface area contributed by atoms with E-state index in [1.165, 1.54) is 0 Å². The number of nitrogens with two attached hydrogens (primary N) is 1. The molecule has 39 heavy (non-hydrogen) atoms. The van der Waals surface area contributed by atoms with Crippen LogP contribution in [0.1, 0.15) is 50.6 Å². The molecular weight excluding hydrogens is 486 g/mol. The average Bonchev–Trinajstić information content (AvgIpc) is 2.89. The van der Waals surface area contributed by atoms with Crippen LogP contribution in [0.4, 0.5) is 11.4 Å². The smallest absolute Gasteiger partial charge is 0.205 e. The molecule has 0 bridgehead atoms. The number of anilines is 1. The Kier molecular flexibility index (Phi) is 8.84. The van der Waals surface area contributed by atoms with Gasteiger partial charge in [-0.3, -0.25) is 19.7 Å². The number of nitrogens with one attached hydrogen (secondary N) is 2. The van der Waals surface area contributed by atoms with Gasteiger partial charge in [-0.15, -0.1) is 0 Å². The number of hydrogen-bond acceptors (Lipinski definition) is 7. The van der Waals surface area contributed by atoms with Gasteiger partial charge in [-0.2, -0.15) is 5.26 Å². The minimum Gasteiger partial charge on any atom is -0.401 e. The summed E-state index contributed by atoms with van der Waals surface area (Å²) in [5, 5.41) is 13.2. The number of hydrogen-bond donors (Lipinski definition) is 3. The monoisotopic (exact) mass is 522 g/mol. The number of rotatable bonds is 9. The fourth-order valence-corrected chi connectivity index (χ4v) is 4.93. The van der Waals surface area contributed by atoms with Crippen LogP contribution in [0.15, 0.2) is 78.3 Å². The second-order valence-corrected chi connectivity index (χ2v) is 10.8. The predicted molar refractivity (Wildman–Crippen MR) is 153 cm³/mol. The number of carbonyl (C=O) groups is 1. The van der Waals surface area contributed by atoms with E-state index >= 15 is 0 Å². The Morgan fingerprint density at radius 3 is 2.31 bits per heavy atom. The van der Waals surface area contributed by atoms with Crippen LogP contribution in [-0.4, -0.2) is 39.5 Å². The van der Waals surface area contributed by atoms with Gasteiger partial charge in [-0.25, -0.2) is 4.99 Å². The molecule has 0 unspecified atom stereocenters. The maximum absolute atomic E-state index is 12.8. The molecule has 2 aromatic heterocycles. The van der Waals surface area contributed by atoms with Gasteiger partial charge in [-0.1, -0.05) is 26.0 Å². The van der Waals surface area contributed by atoms with Crippen LogP contribution >= 0.6 is 0 Å². The SMILES string of the molecule is CC(N)=C1C(=O)CC(C)(C)CC1=[NH+]c1ccc(C#N)c(NCCN(Cc2ccccn2)Cc2ccccn2)c1. The summed E-state index contributed by atoms with van der Waals surface area (Å²) >= 11 is 0. The molecule has 200 valence electrons. The number of nitriles is 1. The zero-order valence-corrected chi connectivity index (χ0v) is 22.9. The number of carbonyl (C=O) groups excluding carboxylic acids is 1. The Hall–Kier alpha value is -4.35. The molecule has 8 heteroatoms. The molecule has 1 saturated carbocycles. The van der Waals surface area contributed by atoms with E-state index in [9.17, 15) is 10.1 Å². The van der Waals surface area contributed by atoms with Crippen LogP contribution < -0.4 is 16.0 Å². The van der Waals surface area contributed by atoms with Crippen molar-refractivity contribution in [1.82, 2.24) is 14.9 Å². The molecule has 0 aliphatic heterocycles. The highest BCUT2D eigenvalue weighted by atomic mass is 16.1. The van der Waals surface area contributed by atoms with Crippen molar-refractivity contribution in [2.45, 2.75) is 46.7 Å². The van der Waals surface area contributed by atoms with Gasteiger partial charge in [0.05, 0.1) is 22.6 Å². The lowest BCUT2D eigenvalue weighted by Crippen LogP contribution is -2.69. The lowest BCUT2D eigenvalue weighted by Gasteiger charge is -2.28. The Morgan fingerprint density at radius 2 is 1.74 bits per heavy atom. The van der Waals surface area contributed by atoms with E-state index in [1.54, 1.807) is 25.4 Å². The van der Waals surface area contributed by atoms with Gasteiger partial charge in [-0.05, 0) is 42.7 Å². The van der Waals surface area contributed by atoms with Crippen LogP contribution in [0.3, 0.4) is 0 Å². The highest BCUT2D eigenvalue weighted by Gasteiger charge is 2.38. The van der Waals surface area contributed by atoms with Crippen LogP contribution in [0.25, 0.3) is 0 Å². The standard InChI is InChI=1S/C31H35N7O/c1-22(33)30-28(17-31(2,3)18-29(30)39)37-24-11-10-23(19-32)27(16-24)36-14-15-38(20-25-8-4-6-12-34-25)21-26-9-5-7-13-35-26/h4-13,16,36H,14-15,17-18,20-21,33H2,1-3H3/p+1. The van der Waals surface area contributed by atoms with Crippen molar-refractivity contribution >= 4 is 22.9 Å². The Balaban J connectivity index is 1.52. The molecule has 4 N–H and O–H groups in total. The van der Waals surface area contributed by atoms with Crippen molar-refractivity contribution < 1.29 is 9.79 Å². The molecular formula is C31H36N7O+. The molecule has 4 rings (SSSR count). The molecule has 2 heterocycles. The predicted octanol–water partition coefficient (Wildman–Crippen LogP) is 3.24. The van der Waals surface area contributed by atoms with Gasteiger partial charge in [0.15, 0.2) is 11.5 Å². The summed E-state index contributed by atoms with van der Waals surface area (Å²) in [7, 11) is 0. The third-order valence-corrected chi connectivity index (χ3v) is 6.67. The average molecular weight is 523 g/mol.